The van der Waals surface area contributed by atoms with Gasteiger partial charge in [0.05, 0.1) is 12.5 Å². The number of aliphatic hydroxyl groups is 1. The summed E-state index contributed by atoms with van der Waals surface area (Å²) >= 11 is 0. The van der Waals surface area contributed by atoms with E-state index in [4.69, 9.17) is 5.11 Å². The monoisotopic (exact) mass is 269 g/mol. The van der Waals surface area contributed by atoms with E-state index < -0.39 is 0 Å². The molecule has 0 saturated heterocycles. The molecule has 1 amide bonds. The van der Waals surface area contributed by atoms with Crippen LogP contribution in [0.15, 0.2) is 54.6 Å². The predicted molar refractivity (Wildman–Crippen MR) is 81.4 cm³/mol. The number of anilines is 1. The summed E-state index contributed by atoms with van der Waals surface area (Å²) < 4.78 is 0. The van der Waals surface area contributed by atoms with Crippen molar-refractivity contribution in [3.05, 3.63) is 54.6 Å². The van der Waals surface area contributed by atoms with Gasteiger partial charge < -0.3 is 10.4 Å². The molecule has 0 saturated carbocycles. The van der Waals surface area contributed by atoms with Crippen LogP contribution in [-0.4, -0.2) is 17.6 Å². The van der Waals surface area contributed by atoms with Gasteiger partial charge in [0.15, 0.2) is 0 Å². The molecule has 0 heterocycles. The van der Waals surface area contributed by atoms with E-state index in [1.807, 2.05) is 61.5 Å². The molecule has 0 radical (unpaired) electrons. The molecule has 2 rings (SSSR count). The minimum Gasteiger partial charge on any atom is -0.396 e. The summed E-state index contributed by atoms with van der Waals surface area (Å²) in [5, 5.41) is 11.9. The Balaban J connectivity index is 2.07. The number of aliphatic hydroxyl groups excluding tert-OH is 1. The van der Waals surface area contributed by atoms with Crippen molar-refractivity contribution < 1.29 is 9.90 Å². The lowest BCUT2D eigenvalue weighted by atomic mass is 10.0. The number of hydrogen-bond donors (Lipinski definition) is 2. The van der Waals surface area contributed by atoms with Crippen LogP contribution in [0.5, 0.6) is 0 Å². The minimum absolute atomic E-state index is 0.121. The first-order chi connectivity index (χ1) is 9.74. The molecule has 1 atom stereocenters. The number of hydrogen-bond acceptors (Lipinski definition) is 2. The first-order valence-corrected chi connectivity index (χ1v) is 6.81. The molecule has 3 heteroatoms. The molecule has 0 fully saturated rings. The lowest BCUT2D eigenvalue weighted by Gasteiger charge is -2.12. The lowest BCUT2D eigenvalue weighted by Crippen LogP contribution is -2.24. The summed E-state index contributed by atoms with van der Waals surface area (Å²) in [7, 11) is 0. The molecule has 2 aromatic rings. The van der Waals surface area contributed by atoms with E-state index in [1.54, 1.807) is 0 Å². The number of carbonyl (C=O) groups is 1. The van der Waals surface area contributed by atoms with E-state index in [0.29, 0.717) is 6.42 Å². The van der Waals surface area contributed by atoms with Gasteiger partial charge in [0.25, 0.3) is 0 Å². The zero-order valence-corrected chi connectivity index (χ0v) is 11.5. The first kappa shape index (κ1) is 14.3. The average Bonchev–Trinajstić information content (AvgIpc) is 2.50. The second-order valence-electron chi connectivity index (χ2n) is 4.72. The normalized spacial score (nSPS) is 11.9. The van der Waals surface area contributed by atoms with Crippen molar-refractivity contribution in [3.8, 4) is 11.1 Å². The number of rotatable bonds is 5. The topological polar surface area (TPSA) is 49.3 Å². The molecular weight excluding hydrogens is 250 g/mol. The maximum atomic E-state index is 11.9. The number of carbonyl (C=O) groups excluding carboxylic acids is 1. The molecule has 0 aliphatic heterocycles. The van der Waals surface area contributed by atoms with Crippen LogP contribution in [-0.2, 0) is 4.79 Å². The van der Waals surface area contributed by atoms with Crippen LogP contribution in [0.3, 0.4) is 0 Å². The fourth-order valence-corrected chi connectivity index (χ4v) is 2.02. The van der Waals surface area contributed by atoms with Crippen LogP contribution in [0.4, 0.5) is 5.69 Å². The number of amides is 1. The van der Waals surface area contributed by atoms with Gasteiger partial charge in [-0.15, -0.1) is 0 Å². The third-order valence-electron chi connectivity index (χ3n) is 3.34. The third-order valence-corrected chi connectivity index (χ3v) is 3.34. The van der Waals surface area contributed by atoms with Gasteiger partial charge >= 0.3 is 0 Å². The van der Waals surface area contributed by atoms with Gasteiger partial charge in [-0.05, 0) is 29.7 Å². The zero-order valence-electron chi connectivity index (χ0n) is 11.5. The smallest absolute Gasteiger partial charge is 0.229 e. The molecule has 0 aliphatic carbocycles. The van der Waals surface area contributed by atoms with Crippen molar-refractivity contribution in [1.29, 1.82) is 0 Å². The summed E-state index contributed by atoms with van der Waals surface area (Å²) in [6.45, 7) is 1.77. The van der Waals surface area contributed by atoms with Gasteiger partial charge in [-0.1, -0.05) is 49.4 Å². The van der Waals surface area contributed by atoms with E-state index in [0.717, 1.165) is 16.8 Å². The highest BCUT2D eigenvalue weighted by Crippen LogP contribution is 2.21. The van der Waals surface area contributed by atoms with Crippen molar-refractivity contribution in [2.24, 2.45) is 5.92 Å². The summed E-state index contributed by atoms with van der Waals surface area (Å²) in [6.07, 6.45) is 0.629. The molecule has 20 heavy (non-hydrogen) atoms. The van der Waals surface area contributed by atoms with Crippen LogP contribution in [0.25, 0.3) is 11.1 Å². The molecule has 2 aromatic carbocycles. The molecule has 0 aliphatic rings. The molecule has 0 aromatic heterocycles. The van der Waals surface area contributed by atoms with Crippen LogP contribution in [0.2, 0.25) is 0 Å². The highest BCUT2D eigenvalue weighted by molar-refractivity contribution is 5.92. The number of nitrogens with one attached hydrogen (secondary N) is 1. The predicted octanol–water partition coefficient (Wildman–Crippen LogP) is 3.31. The highest BCUT2D eigenvalue weighted by Gasteiger charge is 2.14. The minimum atomic E-state index is -0.344. The Morgan fingerprint density at radius 2 is 1.65 bits per heavy atom. The molecule has 0 spiro atoms. The Labute approximate surface area is 119 Å². The van der Waals surface area contributed by atoms with E-state index in [9.17, 15) is 4.79 Å². The summed E-state index contributed by atoms with van der Waals surface area (Å²) in [5.41, 5.74) is 3.01. The SMILES string of the molecule is CCC(CO)C(=O)Nc1ccc(-c2ccccc2)cc1. The second kappa shape index (κ2) is 6.87. The van der Waals surface area contributed by atoms with Gasteiger partial charge in [0.1, 0.15) is 0 Å². The maximum Gasteiger partial charge on any atom is 0.229 e. The average molecular weight is 269 g/mol. The zero-order chi connectivity index (χ0) is 14.4. The van der Waals surface area contributed by atoms with Crippen molar-refractivity contribution >= 4 is 11.6 Å². The van der Waals surface area contributed by atoms with Crippen molar-refractivity contribution in [3.63, 3.8) is 0 Å². The lowest BCUT2D eigenvalue weighted by molar-refractivity contribution is -0.121. The Hall–Kier alpha value is -2.13. The van der Waals surface area contributed by atoms with Crippen LogP contribution < -0.4 is 5.32 Å². The largest absolute Gasteiger partial charge is 0.396 e. The van der Waals surface area contributed by atoms with E-state index in [2.05, 4.69) is 5.32 Å². The maximum absolute atomic E-state index is 11.9. The molecular formula is C17H19NO2. The van der Waals surface area contributed by atoms with Crippen molar-refractivity contribution in [1.82, 2.24) is 0 Å². The summed E-state index contributed by atoms with van der Waals surface area (Å²) in [4.78, 5) is 11.9. The first-order valence-electron chi connectivity index (χ1n) is 6.81. The van der Waals surface area contributed by atoms with E-state index in [1.165, 1.54) is 0 Å². The van der Waals surface area contributed by atoms with Crippen LogP contribution in [0, 0.1) is 5.92 Å². The molecule has 104 valence electrons. The van der Waals surface area contributed by atoms with Gasteiger partial charge in [-0.25, -0.2) is 0 Å². The molecule has 1 unspecified atom stereocenters. The number of benzene rings is 2. The Kier molecular flexibility index (Phi) is 4.91. The standard InChI is InChI=1S/C17H19NO2/c1-2-13(12-19)17(20)18-16-10-8-15(9-11-16)14-6-4-3-5-7-14/h3-11,13,19H,2,12H2,1H3,(H,18,20). The molecule has 0 bridgehead atoms. The van der Waals surface area contributed by atoms with Gasteiger partial charge in [0.2, 0.25) is 5.91 Å². The van der Waals surface area contributed by atoms with Gasteiger partial charge in [0, 0.05) is 5.69 Å². The van der Waals surface area contributed by atoms with E-state index >= 15 is 0 Å². The third kappa shape index (κ3) is 3.45. The molecule has 2 N–H and O–H groups in total. The second-order valence-corrected chi connectivity index (χ2v) is 4.72. The summed E-state index contributed by atoms with van der Waals surface area (Å²) in [6, 6.07) is 17.8. The summed E-state index contributed by atoms with van der Waals surface area (Å²) in [5.74, 6) is -0.480. The Bertz CT molecular complexity index is 545. The Morgan fingerprint density at radius 3 is 2.20 bits per heavy atom. The van der Waals surface area contributed by atoms with Gasteiger partial charge in [-0.2, -0.15) is 0 Å². The highest BCUT2D eigenvalue weighted by atomic mass is 16.3. The fraction of sp³-hybridized carbons (Fsp3) is 0.235. The van der Waals surface area contributed by atoms with Crippen molar-refractivity contribution in [2.45, 2.75) is 13.3 Å². The van der Waals surface area contributed by atoms with Crippen molar-refractivity contribution in [2.75, 3.05) is 11.9 Å². The van der Waals surface area contributed by atoms with E-state index in [-0.39, 0.29) is 18.4 Å². The van der Waals surface area contributed by atoms with Gasteiger partial charge in [-0.3, -0.25) is 4.79 Å². The fourth-order valence-electron chi connectivity index (χ4n) is 2.02. The quantitative estimate of drug-likeness (QED) is 0.875. The van der Waals surface area contributed by atoms with Crippen LogP contribution >= 0.6 is 0 Å². The molecule has 3 nitrogen and oxygen atoms in total. The van der Waals surface area contributed by atoms with Crippen LogP contribution in [0.1, 0.15) is 13.3 Å². The Morgan fingerprint density at radius 1 is 1.05 bits per heavy atom.